The molecule has 0 aliphatic carbocycles. The highest BCUT2D eigenvalue weighted by atomic mass is 32.2. The molecule has 0 saturated carbocycles. The summed E-state index contributed by atoms with van der Waals surface area (Å²) in [5.74, 6) is 0.400. The van der Waals surface area contributed by atoms with Crippen LogP contribution in [-0.2, 0) is 9.84 Å². The van der Waals surface area contributed by atoms with Crippen molar-refractivity contribution in [2.24, 2.45) is 0 Å². The summed E-state index contributed by atoms with van der Waals surface area (Å²) in [4.78, 5) is 20.7. The summed E-state index contributed by atoms with van der Waals surface area (Å²) in [5, 5.41) is 0. The van der Waals surface area contributed by atoms with E-state index in [4.69, 9.17) is 4.42 Å². The van der Waals surface area contributed by atoms with Gasteiger partial charge in [0.15, 0.2) is 15.6 Å². The van der Waals surface area contributed by atoms with Crippen molar-refractivity contribution >= 4 is 15.6 Å². The molecule has 140 valence electrons. The Kier molecular flexibility index (Phi) is 6.13. The van der Waals surface area contributed by atoms with Crippen molar-refractivity contribution in [2.75, 3.05) is 5.75 Å². The molecular weight excluding hydrogens is 364 g/mol. The molecule has 27 heavy (non-hydrogen) atoms. The summed E-state index contributed by atoms with van der Waals surface area (Å²) >= 11 is 0. The highest BCUT2D eigenvalue weighted by Gasteiger charge is 2.16. The van der Waals surface area contributed by atoms with Crippen LogP contribution in [0.3, 0.4) is 0 Å². The van der Waals surface area contributed by atoms with Crippen molar-refractivity contribution in [3.63, 3.8) is 0 Å². The SMILES string of the molecule is O=C(CCCCCS(=O)(=O)c1ccccc1)c1ncc(-c2ccccn2)o1. The summed E-state index contributed by atoms with van der Waals surface area (Å²) in [5.41, 5.74) is 0.621. The molecule has 3 rings (SSSR count). The molecule has 6 nitrogen and oxygen atoms in total. The standard InChI is InChI=1S/C20H20N2O4S/c23-18(20-22-15-19(26-20)17-11-6-7-13-21-17)12-5-2-8-14-27(24,25)16-9-3-1-4-10-16/h1,3-4,6-7,9-11,13,15H,2,5,8,12,14H2. The van der Waals surface area contributed by atoms with Crippen molar-refractivity contribution in [2.45, 2.75) is 30.6 Å². The van der Waals surface area contributed by atoms with Crippen LogP contribution in [0.1, 0.15) is 36.4 Å². The second kappa shape index (κ2) is 8.73. The van der Waals surface area contributed by atoms with Crippen LogP contribution in [0.15, 0.2) is 70.2 Å². The van der Waals surface area contributed by atoms with Gasteiger partial charge in [-0.1, -0.05) is 30.7 Å². The smallest absolute Gasteiger partial charge is 0.263 e. The lowest BCUT2D eigenvalue weighted by atomic mass is 10.1. The van der Waals surface area contributed by atoms with Crippen molar-refractivity contribution < 1.29 is 17.6 Å². The molecule has 2 heterocycles. The fourth-order valence-electron chi connectivity index (χ4n) is 2.64. The second-order valence-electron chi connectivity index (χ2n) is 6.11. The van der Waals surface area contributed by atoms with E-state index >= 15 is 0 Å². The number of Topliss-reactive ketones (excluding diaryl/α,β-unsaturated/α-hetero) is 1. The third-order valence-corrected chi connectivity index (χ3v) is 5.90. The maximum Gasteiger partial charge on any atom is 0.263 e. The lowest BCUT2D eigenvalue weighted by Crippen LogP contribution is -2.07. The summed E-state index contributed by atoms with van der Waals surface area (Å²) in [6.07, 6.45) is 5.14. The Morgan fingerprint density at radius 2 is 1.70 bits per heavy atom. The Hall–Kier alpha value is -2.80. The molecule has 0 unspecified atom stereocenters. The zero-order chi connectivity index (χ0) is 19.1. The number of sulfone groups is 1. The van der Waals surface area contributed by atoms with Gasteiger partial charge in [0.1, 0.15) is 5.69 Å². The third-order valence-electron chi connectivity index (χ3n) is 4.08. The predicted molar refractivity (Wildman–Crippen MR) is 101 cm³/mol. The number of carbonyl (C=O) groups excluding carboxylic acids is 1. The molecule has 0 amide bonds. The molecule has 0 atom stereocenters. The molecule has 0 fully saturated rings. The maximum absolute atomic E-state index is 12.2. The number of unbranched alkanes of at least 4 members (excludes halogenated alkanes) is 2. The predicted octanol–water partition coefficient (Wildman–Crippen LogP) is 3.95. The van der Waals surface area contributed by atoms with Crippen molar-refractivity contribution in [1.29, 1.82) is 0 Å². The number of carbonyl (C=O) groups is 1. The van der Waals surface area contributed by atoms with Gasteiger partial charge in [0.25, 0.3) is 5.89 Å². The number of rotatable bonds is 9. The Morgan fingerprint density at radius 3 is 2.44 bits per heavy atom. The Labute approximate surface area is 158 Å². The van der Waals surface area contributed by atoms with Crippen LogP contribution in [0, 0.1) is 0 Å². The van der Waals surface area contributed by atoms with Crippen LogP contribution in [-0.4, -0.2) is 29.9 Å². The average Bonchev–Trinajstić information content (AvgIpc) is 3.19. The summed E-state index contributed by atoms with van der Waals surface area (Å²) in [6, 6.07) is 13.8. The van der Waals surface area contributed by atoms with Gasteiger partial charge in [-0.2, -0.15) is 0 Å². The van der Waals surface area contributed by atoms with E-state index in [1.807, 2.05) is 6.07 Å². The molecule has 0 spiro atoms. The topological polar surface area (TPSA) is 90.1 Å². The minimum absolute atomic E-state index is 0.0626. The Bertz CT molecular complexity index is 983. The van der Waals surface area contributed by atoms with Crippen LogP contribution >= 0.6 is 0 Å². The average molecular weight is 384 g/mol. The van der Waals surface area contributed by atoms with Gasteiger partial charge in [0.05, 0.1) is 16.8 Å². The van der Waals surface area contributed by atoms with Crippen molar-refractivity contribution in [1.82, 2.24) is 9.97 Å². The van der Waals surface area contributed by atoms with Gasteiger partial charge >= 0.3 is 0 Å². The number of nitrogens with zero attached hydrogens (tertiary/aromatic N) is 2. The summed E-state index contributed by atoms with van der Waals surface area (Å²) in [6.45, 7) is 0. The van der Waals surface area contributed by atoms with Gasteiger partial charge in [-0.05, 0) is 37.1 Å². The van der Waals surface area contributed by atoms with Crippen LogP contribution in [0.2, 0.25) is 0 Å². The fraction of sp³-hybridized carbons (Fsp3) is 0.250. The van der Waals surface area contributed by atoms with E-state index in [0.717, 1.165) is 0 Å². The number of hydrogen-bond acceptors (Lipinski definition) is 6. The van der Waals surface area contributed by atoms with Gasteiger partial charge < -0.3 is 4.42 Å². The maximum atomic E-state index is 12.2. The van der Waals surface area contributed by atoms with E-state index in [9.17, 15) is 13.2 Å². The molecule has 0 radical (unpaired) electrons. The number of benzene rings is 1. The number of oxazole rings is 1. The van der Waals surface area contributed by atoms with Crippen molar-refractivity contribution in [3.05, 3.63) is 66.8 Å². The third kappa shape index (κ3) is 5.10. The van der Waals surface area contributed by atoms with Crippen LogP contribution in [0.5, 0.6) is 0 Å². The zero-order valence-corrected chi connectivity index (χ0v) is 15.6. The van der Waals surface area contributed by atoms with Crippen LogP contribution < -0.4 is 0 Å². The van der Waals surface area contributed by atoms with E-state index in [0.29, 0.717) is 35.6 Å². The van der Waals surface area contributed by atoms with Crippen LogP contribution in [0.25, 0.3) is 11.5 Å². The van der Waals surface area contributed by atoms with Gasteiger partial charge in [-0.25, -0.2) is 13.4 Å². The van der Waals surface area contributed by atoms with E-state index in [1.165, 1.54) is 6.20 Å². The monoisotopic (exact) mass is 384 g/mol. The molecule has 0 aliphatic heterocycles. The first kappa shape index (κ1) is 19.0. The van der Waals surface area contributed by atoms with Gasteiger partial charge in [-0.3, -0.25) is 9.78 Å². The number of ketones is 1. The van der Waals surface area contributed by atoms with Gasteiger partial charge in [-0.15, -0.1) is 0 Å². The van der Waals surface area contributed by atoms with Gasteiger partial charge in [0, 0.05) is 12.6 Å². The molecule has 0 aliphatic rings. The van der Waals surface area contributed by atoms with Crippen molar-refractivity contribution in [3.8, 4) is 11.5 Å². The first-order valence-corrected chi connectivity index (χ1v) is 10.4. The van der Waals surface area contributed by atoms with Gasteiger partial charge in [0.2, 0.25) is 5.78 Å². The highest BCUT2D eigenvalue weighted by Crippen LogP contribution is 2.19. The Balaban J connectivity index is 1.45. The Morgan fingerprint density at radius 1 is 0.926 bits per heavy atom. The first-order valence-electron chi connectivity index (χ1n) is 8.74. The van der Waals surface area contributed by atoms with E-state index in [-0.39, 0.29) is 23.8 Å². The molecule has 0 saturated heterocycles. The fourth-order valence-corrected chi connectivity index (χ4v) is 4.03. The molecule has 3 aromatic rings. The molecule has 1 aromatic carbocycles. The van der Waals surface area contributed by atoms with Crippen LogP contribution in [0.4, 0.5) is 0 Å². The molecular formula is C20H20N2O4S. The summed E-state index contributed by atoms with van der Waals surface area (Å²) < 4.78 is 29.9. The second-order valence-corrected chi connectivity index (χ2v) is 8.22. The van der Waals surface area contributed by atoms with E-state index < -0.39 is 9.84 Å². The summed E-state index contributed by atoms with van der Waals surface area (Å²) in [7, 11) is -3.26. The van der Waals surface area contributed by atoms with E-state index in [2.05, 4.69) is 9.97 Å². The highest BCUT2D eigenvalue weighted by molar-refractivity contribution is 7.91. The lowest BCUT2D eigenvalue weighted by Gasteiger charge is -2.04. The minimum Gasteiger partial charge on any atom is -0.432 e. The molecule has 7 heteroatoms. The number of aromatic nitrogens is 2. The zero-order valence-electron chi connectivity index (χ0n) is 14.7. The minimum atomic E-state index is -3.26. The molecule has 0 N–H and O–H groups in total. The molecule has 2 aromatic heterocycles. The quantitative estimate of drug-likeness (QED) is 0.410. The first-order chi connectivity index (χ1) is 13.1. The molecule has 0 bridgehead atoms. The lowest BCUT2D eigenvalue weighted by molar-refractivity contribution is 0.0946. The van der Waals surface area contributed by atoms with E-state index in [1.54, 1.807) is 48.7 Å². The number of pyridine rings is 1. The largest absolute Gasteiger partial charge is 0.432 e. The number of hydrogen-bond donors (Lipinski definition) is 0. The normalized spacial score (nSPS) is 11.4.